The molecule has 0 aliphatic heterocycles. The fraction of sp³-hybridized carbons (Fsp3) is 0.150. The van der Waals surface area contributed by atoms with Crippen molar-refractivity contribution in [3.63, 3.8) is 0 Å². The molecule has 0 bridgehead atoms. The third-order valence-electron chi connectivity index (χ3n) is 3.93. The van der Waals surface area contributed by atoms with Crippen LogP contribution in [0.4, 0.5) is 5.69 Å². The van der Waals surface area contributed by atoms with Gasteiger partial charge in [0.2, 0.25) is 5.91 Å². The Hall–Kier alpha value is -2.23. The number of carbonyl (C=O) groups is 1. The van der Waals surface area contributed by atoms with Gasteiger partial charge in [-0.1, -0.05) is 29.3 Å². The first-order valence-electron chi connectivity index (χ1n) is 7.92. The Morgan fingerprint density at radius 2 is 1.80 bits per heavy atom. The molecule has 128 valence electrons. The topological polar surface area (TPSA) is 42.2 Å². The number of halogens is 2. The Morgan fingerprint density at radius 1 is 1.04 bits per heavy atom. The second-order valence-electron chi connectivity index (χ2n) is 5.73. The second kappa shape index (κ2) is 7.77. The van der Waals surface area contributed by atoms with Crippen molar-refractivity contribution in [2.75, 3.05) is 5.32 Å². The monoisotopic (exact) mass is 373 g/mol. The normalized spacial score (nSPS) is 10.7. The third-order valence-corrected chi connectivity index (χ3v) is 4.59. The maximum absolute atomic E-state index is 12.2. The van der Waals surface area contributed by atoms with E-state index in [0.717, 1.165) is 28.3 Å². The molecule has 1 amide bonds. The summed E-state index contributed by atoms with van der Waals surface area (Å²) in [6, 6.07) is 16.7. The molecule has 0 unspecified atom stereocenters. The molecule has 0 radical (unpaired) electrons. The molecule has 2 aromatic carbocycles. The average molecular weight is 374 g/mol. The molecule has 0 saturated carbocycles. The van der Waals surface area contributed by atoms with Gasteiger partial charge in [0, 0.05) is 34.1 Å². The van der Waals surface area contributed by atoms with Crippen molar-refractivity contribution >= 4 is 34.8 Å². The quantitative estimate of drug-likeness (QED) is 0.583. The number of nitrogens with one attached hydrogen (secondary N) is 1. The smallest absolute Gasteiger partial charge is 0.224 e. The number of benzene rings is 2. The maximum Gasteiger partial charge on any atom is 0.224 e. The first kappa shape index (κ1) is 17.6. The molecule has 0 aliphatic carbocycles. The van der Waals surface area contributed by atoms with E-state index in [4.69, 9.17) is 27.6 Å². The first-order valence-corrected chi connectivity index (χ1v) is 8.68. The van der Waals surface area contributed by atoms with Gasteiger partial charge in [0.15, 0.2) is 0 Å². The van der Waals surface area contributed by atoms with Gasteiger partial charge >= 0.3 is 0 Å². The van der Waals surface area contributed by atoms with Gasteiger partial charge in [0.25, 0.3) is 0 Å². The number of hydrogen-bond acceptors (Lipinski definition) is 2. The SMILES string of the molecule is Cc1c(Cl)cccc1NC(=O)CCc1ccc(-c2ccc(Cl)cc2)o1. The highest BCUT2D eigenvalue weighted by Crippen LogP contribution is 2.25. The molecular formula is C20H17Cl2NO2. The van der Waals surface area contributed by atoms with Crippen molar-refractivity contribution in [2.24, 2.45) is 0 Å². The standard InChI is InChI=1S/C20H17Cl2NO2/c1-13-17(22)3-2-4-18(13)23-20(24)12-10-16-9-11-19(25-16)14-5-7-15(21)8-6-14/h2-9,11H,10,12H2,1H3,(H,23,24). The van der Waals surface area contributed by atoms with Crippen LogP contribution in [0.1, 0.15) is 17.7 Å². The van der Waals surface area contributed by atoms with Gasteiger partial charge in [-0.05, 0) is 61.0 Å². The number of carbonyl (C=O) groups excluding carboxylic acids is 1. The lowest BCUT2D eigenvalue weighted by molar-refractivity contribution is -0.116. The van der Waals surface area contributed by atoms with E-state index >= 15 is 0 Å². The highest BCUT2D eigenvalue weighted by atomic mass is 35.5. The number of rotatable bonds is 5. The Bertz CT molecular complexity index is 885. The molecule has 3 aromatic rings. The molecule has 25 heavy (non-hydrogen) atoms. The number of anilines is 1. The lowest BCUT2D eigenvalue weighted by atomic mass is 10.2. The number of furan rings is 1. The van der Waals surface area contributed by atoms with E-state index in [-0.39, 0.29) is 5.91 Å². The molecule has 1 N–H and O–H groups in total. The Kier molecular flexibility index (Phi) is 5.47. The largest absolute Gasteiger partial charge is 0.461 e. The summed E-state index contributed by atoms with van der Waals surface area (Å²) in [5.74, 6) is 1.45. The Morgan fingerprint density at radius 3 is 2.56 bits per heavy atom. The molecule has 3 nitrogen and oxygen atoms in total. The lowest BCUT2D eigenvalue weighted by Crippen LogP contribution is -2.13. The predicted octanol–water partition coefficient (Wildman–Crippen LogP) is 6.13. The van der Waals surface area contributed by atoms with E-state index in [1.165, 1.54) is 0 Å². The molecule has 3 rings (SSSR count). The van der Waals surface area contributed by atoms with Crippen LogP contribution in [0.15, 0.2) is 59.0 Å². The van der Waals surface area contributed by atoms with Crippen LogP contribution in [0.3, 0.4) is 0 Å². The zero-order chi connectivity index (χ0) is 17.8. The van der Waals surface area contributed by atoms with Crippen molar-refractivity contribution in [3.05, 3.63) is 76.0 Å². The minimum absolute atomic E-state index is 0.0743. The lowest BCUT2D eigenvalue weighted by Gasteiger charge is -2.09. The van der Waals surface area contributed by atoms with Gasteiger partial charge in [0.1, 0.15) is 11.5 Å². The summed E-state index contributed by atoms with van der Waals surface area (Å²) in [6.07, 6.45) is 0.860. The molecule has 0 fully saturated rings. The zero-order valence-corrected chi connectivity index (χ0v) is 15.2. The van der Waals surface area contributed by atoms with Crippen LogP contribution in [0.5, 0.6) is 0 Å². The molecular weight excluding hydrogens is 357 g/mol. The molecule has 0 atom stereocenters. The molecule has 5 heteroatoms. The Balaban J connectivity index is 1.59. The second-order valence-corrected chi connectivity index (χ2v) is 6.58. The fourth-order valence-corrected chi connectivity index (χ4v) is 2.77. The van der Waals surface area contributed by atoms with E-state index in [0.29, 0.717) is 22.9 Å². The van der Waals surface area contributed by atoms with E-state index in [9.17, 15) is 4.79 Å². The van der Waals surface area contributed by atoms with Gasteiger partial charge in [-0.15, -0.1) is 0 Å². The minimum atomic E-state index is -0.0743. The van der Waals surface area contributed by atoms with Crippen LogP contribution in [0, 0.1) is 6.92 Å². The van der Waals surface area contributed by atoms with Crippen molar-refractivity contribution < 1.29 is 9.21 Å². The van der Waals surface area contributed by atoms with Crippen LogP contribution in [-0.2, 0) is 11.2 Å². The summed E-state index contributed by atoms with van der Waals surface area (Å²) in [4.78, 5) is 12.2. The van der Waals surface area contributed by atoms with Gasteiger partial charge in [-0.3, -0.25) is 4.79 Å². The summed E-state index contributed by atoms with van der Waals surface area (Å²) in [7, 11) is 0. The van der Waals surface area contributed by atoms with Crippen LogP contribution < -0.4 is 5.32 Å². The van der Waals surface area contributed by atoms with Gasteiger partial charge in [0.05, 0.1) is 0 Å². The highest BCUT2D eigenvalue weighted by Gasteiger charge is 2.10. The third kappa shape index (κ3) is 4.44. The Labute approximate surface area is 156 Å². The summed E-state index contributed by atoms with van der Waals surface area (Å²) < 4.78 is 5.81. The van der Waals surface area contributed by atoms with Gasteiger partial charge < -0.3 is 9.73 Å². The summed E-state index contributed by atoms with van der Waals surface area (Å²) in [5.41, 5.74) is 2.55. The molecule has 0 saturated heterocycles. The fourth-order valence-electron chi connectivity index (χ4n) is 2.47. The molecule has 0 aliphatic rings. The van der Waals surface area contributed by atoms with E-state index < -0.39 is 0 Å². The maximum atomic E-state index is 12.2. The summed E-state index contributed by atoms with van der Waals surface area (Å²) >= 11 is 12.0. The zero-order valence-electron chi connectivity index (χ0n) is 13.7. The number of amides is 1. The van der Waals surface area contributed by atoms with Crippen LogP contribution >= 0.6 is 23.2 Å². The summed E-state index contributed by atoms with van der Waals surface area (Å²) in [5, 5.41) is 4.21. The average Bonchev–Trinajstić information content (AvgIpc) is 3.07. The van der Waals surface area contributed by atoms with Gasteiger partial charge in [-0.2, -0.15) is 0 Å². The molecule has 0 spiro atoms. The number of hydrogen-bond donors (Lipinski definition) is 1. The van der Waals surface area contributed by atoms with Crippen LogP contribution in [0.2, 0.25) is 10.0 Å². The van der Waals surface area contributed by atoms with Gasteiger partial charge in [-0.25, -0.2) is 0 Å². The van der Waals surface area contributed by atoms with Crippen LogP contribution in [0.25, 0.3) is 11.3 Å². The van der Waals surface area contributed by atoms with Crippen molar-refractivity contribution in [1.82, 2.24) is 0 Å². The minimum Gasteiger partial charge on any atom is -0.461 e. The van der Waals surface area contributed by atoms with Crippen LogP contribution in [-0.4, -0.2) is 5.91 Å². The van der Waals surface area contributed by atoms with Crippen molar-refractivity contribution in [2.45, 2.75) is 19.8 Å². The molecule has 1 aromatic heterocycles. The first-order chi connectivity index (χ1) is 12.0. The van der Waals surface area contributed by atoms with E-state index in [1.807, 2.05) is 55.5 Å². The highest BCUT2D eigenvalue weighted by molar-refractivity contribution is 6.31. The molecule has 1 heterocycles. The number of aryl methyl sites for hydroxylation is 1. The van der Waals surface area contributed by atoms with E-state index in [1.54, 1.807) is 6.07 Å². The predicted molar refractivity (Wildman–Crippen MR) is 102 cm³/mol. The summed E-state index contributed by atoms with van der Waals surface area (Å²) in [6.45, 7) is 1.88. The van der Waals surface area contributed by atoms with Crippen molar-refractivity contribution in [1.29, 1.82) is 0 Å². The van der Waals surface area contributed by atoms with E-state index in [2.05, 4.69) is 5.32 Å². The van der Waals surface area contributed by atoms with Crippen molar-refractivity contribution in [3.8, 4) is 11.3 Å².